The predicted molar refractivity (Wildman–Crippen MR) is 81.9 cm³/mol. The van der Waals surface area contributed by atoms with Crippen LogP contribution in [0.1, 0.15) is 19.8 Å². The van der Waals surface area contributed by atoms with Crippen LogP contribution in [0.3, 0.4) is 0 Å². The molecule has 128 valence electrons. The number of nitrogens with two attached hydrogens (primary N) is 1. The van der Waals surface area contributed by atoms with Crippen LogP contribution in [0.15, 0.2) is 4.79 Å². The van der Waals surface area contributed by atoms with Gasteiger partial charge >= 0.3 is 7.60 Å². The largest absolute Gasteiger partial charge is 0.369 e. The molecule has 0 saturated heterocycles. The highest BCUT2D eigenvalue weighted by atomic mass is 31.2. The van der Waals surface area contributed by atoms with E-state index >= 15 is 0 Å². The molecule has 2 rings (SSSR count). The van der Waals surface area contributed by atoms with E-state index in [2.05, 4.69) is 20.3 Å². The first kappa shape index (κ1) is 17.5. The molecule has 0 aromatic carbocycles. The fourth-order valence-corrected chi connectivity index (χ4v) is 3.06. The van der Waals surface area contributed by atoms with Crippen LogP contribution < -0.4 is 11.3 Å². The van der Waals surface area contributed by atoms with Crippen LogP contribution >= 0.6 is 7.60 Å². The zero-order chi connectivity index (χ0) is 16.9. The maximum atomic E-state index is 11.6. The molecular weight excluding hydrogens is 327 g/mol. The molecule has 12 heteroatoms. The van der Waals surface area contributed by atoms with Gasteiger partial charge in [-0.15, -0.1) is 5.10 Å². The van der Waals surface area contributed by atoms with E-state index in [1.807, 2.05) is 0 Å². The number of aromatic amines is 1. The minimum Gasteiger partial charge on any atom is -0.369 e. The smallest absolute Gasteiger partial charge is 0.328 e. The first-order valence-electron chi connectivity index (χ1n) is 7.06. The third kappa shape index (κ3) is 4.83. The highest BCUT2D eigenvalue weighted by molar-refractivity contribution is 7.52. The number of nitrogen functional groups attached to an aromatic ring is 1. The Labute approximate surface area is 131 Å². The lowest BCUT2D eigenvalue weighted by atomic mass is 10.4. The summed E-state index contributed by atoms with van der Waals surface area (Å²) in [7, 11) is -3.48. The summed E-state index contributed by atoms with van der Waals surface area (Å²) in [5.74, 6) is -0.0272. The first-order chi connectivity index (χ1) is 10.9. The Hall–Kier alpha value is -1.81. The molecule has 0 fully saturated rings. The van der Waals surface area contributed by atoms with Gasteiger partial charge in [0, 0.05) is 6.61 Å². The van der Waals surface area contributed by atoms with Gasteiger partial charge in [0.25, 0.3) is 5.56 Å². The Kier molecular flexibility index (Phi) is 5.83. The van der Waals surface area contributed by atoms with Crippen molar-refractivity contribution in [2.75, 3.05) is 25.1 Å². The standard InChI is InChI=1S/C11H19N6O5P/c1-2-22-23(19,20)6-4-3-5-21-7-17-9-8(15-16-17)10(18)14-11(12)13-9/h2-7H2,1H3,(H,19,20)(H3,12,13,14,18). The van der Waals surface area contributed by atoms with Crippen molar-refractivity contribution in [3.05, 3.63) is 10.4 Å². The summed E-state index contributed by atoms with van der Waals surface area (Å²) in [5.41, 5.74) is 5.33. The Bertz CT molecular complexity index is 759. The van der Waals surface area contributed by atoms with Gasteiger partial charge in [0.1, 0.15) is 6.73 Å². The molecule has 0 bridgehead atoms. The van der Waals surface area contributed by atoms with Crippen LogP contribution in [-0.4, -0.2) is 49.2 Å². The molecule has 23 heavy (non-hydrogen) atoms. The van der Waals surface area contributed by atoms with Gasteiger partial charge < -0.3 is 19.9 Å². The van der Waals surface area contributed by atoms with Gasteiger partial charge in [-0.3, -0.25) is 14.3 Å². The zero-order valence-electron chi connectivity index (χ0n) is 12.6. The topological polar surface area (TPSA) is 158 Å². The SMILES string of the molecule is CCOP(=O)(O)CCCCOCn1nnc2c(=O)[nH]c(N)nc21. The number of hydrogen-bond donors (Lipinski definition) is 3. The second-order valence-corrected chi connectivity index (χ2v) is 6.72. The highest BCUT2D eigenvalue weighted by Crippen LogP contribution is 2.42. The van der Waals surface area contributed by atoms with Crippen molar-refractivity contribution in [1.29, 1.82) is 0 Å². The molecule has 0 aliphatic carbocycles. The number of nitrogens with one attached hydrogen (secondary N) is 1. The average molecular weight is 346 g/mol. The van der Waals surface area contributed by atoms with E-state index in [4.69, 9.17) is 15.0 Å². The number of unbranched alkanes of at least 4 members (excludes halogenated alkanes) is 1. The third-order valence-corrected chi connectivity index (χ3v) is 4.46. The summed E-state index contributed by atoms with van der Waals surface area (Å²) in [4.78, 5) is 27.3. The normalized spacial score (nSPS) is 14.2. The first-order valence-corrected chi connectivity index (χ1v) is 8.82. The van der Waals surface area contributed by atoms with Crippen molar-refractivity contribution in [3.63, 3.8) is 0 Å². The minimum atomic E-state index is -3.48. The molecule has 4 N–H and O–H groups in total. The number of anilines is 1. The summed E-state index contributed by atoms with van der Waals surface area (Å²) >= 11 is 0. The maximum Gasteiger partial charge on any atom is 0.328 e. The van der Waals surface area contributed by atoms with Crippen molar-refractivity contribution in [2.24, 2.45) is 0 Å². The van der Waals surface area contributed by atoms with Gasteiger partial charge in [-0.25, -0.2) is 4.68 Å². The molecule has 0 radical (unpaired) electrons. The number of aromatic nitrogens is 5. The van der Waals surface area contributed by atoms with E-state index in [-0.39, 0.29) is 36.6 Å². The number of rotatable bonds is 9. The Morgan fingerprint density at radius 3 is 2.96 bits per heavy atom. The van der Waals surface area contributed by atoms with Crippen molar-refractivity contribution >= 4 is 24.7 Å². The fourth-order valence-electron chi connectivity index (χ4n) is 1.90. The quantitative estimate of drug-likeness (QED) is 0.422. The highest BCUT2D eigenvalue weighted by Gasteiger charge is 2.17. The summed E-state index contributed by atoms with van der Waals surface area (Å²) < 4.78 is 22.9. The minimum absolute atomic E-state index is 0.0272. The zero-order valence-corrected chi connectivity index (χ0v) is 13.5. The second kappa shape index (κ2) is 7.64. The molecule has 11 nitrogen and oxygen atoms in total. The molecule has 2 aromatic heterocycles. The van der Waals surface area contributed by atoms with Crippen LogP contribution in [0.2, 0.25) is 0 Å². The second-order valence-electron chi connectivity index (χ2n) is 4.74. The summed E-state index contributed by atoms with van der Waals surface area (Å²) in [6, 6.07) is 0. The Morgan fingerprint density at radius 1 is 1.43 bits per heavy atom. The molecule has 0 spiro atoms. The van der Waals surface area contributed by atoms with E-state index in [1.54, 1.807) is 6.92 Å². The predicted octanol–water partition coefficient (Wildman–Crippen LogP) is 0.0730. The molecule has 0 saturated carbocycles. The van der Waals surface area contributed by atoms with Crippen LogP contribution in [0.4, 0.5) is 5.95 Å². The number of fused-ring (bicyclic) bond motifs is 1. The molecular formula is C11H19N6O5P. The number of H-pyrrole nitrogens is 1. The van der Waals surface area contributed by atoms with Gasteiger partial charge in [0.15, 0.2) is 11.2 Å². The molecule has 0 aliphatic rings. The van der Waals surface area contributed by atoms with Crippen molar-refractivity contribution < 1.29 is 18.7 Å². The van der Waals surface area contributed by atoms with Gasteiger partial charge in [0.2, 0.25) is 5.95 Å². The fraction of sp³-hybridized carbons (Fsp3) is 0.636. The van der Waals surface area contributed by atoms with Crippen LogP contribution in [0, 0.1) is 0 Å². The van der Waals surface area contributed by atoms with Gasteiger partial charge in [-0.2, -0.15) is 4.98 Å². The lowest BCUT2D eigenvalue weighted by Gasteiger charge is -2.10. The van der Waals surface area contributed by atoms with E-state index < -0.39 is 13.2 Å². The Balaban J connectivity index is 1.79. The number of hydrogen-bond acceptors (Lipinski definition) is 8. The lowest BCUT2D eigenvalue weighted by Crippen LogP contribution is -2.13. The molecule has 1 atom stereocenters. The maximum absolute atomic E-state index is 11.6. The van der Waals surface area contributed by atoms with E-state index in [1.165, 1.54) is 4.68 Å². The van der Waals surface area contributed by atoms with Crippen molar-refractivity contribution in [1.82, 2.24) is 25.0 Å². The Morgan fingerprint density at radius 2 is 2.22 bits per heavy atom. The van der Waals surface area contributed by atoms with Crippen LogP contribution in [-0.2, 0) is 20.6 Å². The molecule has 2 aromatic rings. The van der Waals surface area contributed by atoms with E-state index in [0.29, 0.717) is 19.4 Å². The number of nitrogens with zero attached hydrogens (tertiary/aromatic N) is 4. The molecule has 1 unspecified atom stereocenters. The van der Waals surface area contributed by atoms with Crippen molar-refractivity contribution in [3.8, 4) is 0 Å². The summed E-state index contributed by atoms with van der Waals surface area (Å²) in [5, 5.41) is 7.49. The average Bonchev–Trinajstić information content (AvgIpc) is 2.86. The van der Waals surface area contributed by atoms with Crippen LogP contribution in [0.5, 0.6) is 0 Å². The lowest BCUT2D eigenvalue weighted by molar-refractivity contribution is 0.0680. The number of ether oxygens (including phenoxy) is 1. The summed E-state index contributed by atoms with van der Waals surface area (Å²) in [6.45, 7) is 2.28. The molecule has 0 aliphatic heterocycles. The third-order valence-electron chi connectivity index (χ3n) is 2.92. The van der Waals surface area contributed by atoms with Crippen LogP contribution in [0.25, 0.3) is 11.2 Å². The molecule has 2 heterocycles. The van der Waals surface area contributed by atoms with Gasteiger partial charge in [-0.1, -0.05) is 5.21 Å². The van der Waals surface area contributed by atoms with Crippen molar-refractivity contribution in [2.45, 2.75) is 26.5 Å². The monoisotopic (exact) mass is 346 g/mol. The van der Waals surface area contributed by atoms with E-state index in [9.17, 15) is 14.3 Å². The van der Waals surface area contributed by atoms with E-state index in [0.717, 1.165) is 0 Å². The van der Waals surface area contributed by atoms with Gasteiger partial charge in [0.05, 0.1) is 12.8 Å². The molecule has 0 amide bonds. The van der Waals surface area contributed by atoms with Gasteiger partial charge in [-0.05, 0) is 19.8 Å². The summed E-state index contributed by atoms with van der Waals surface area (Å²) in [6.07, 6.45) is 1.17.